The van der Waals surface area contributed by atoms with Gasteiger partial charge in [0.25, 0.3) is 5.91 Å². The van der Waals surface area contributed by atoms with Crippen LogP contribution in [0.15, 0.2) is 18.5 Å². The number of primary amides is 1. The molecule has 0 spiro atoms. The first-order valence-corrected chi connectivity index (χ1v) is 4.86. The number of amides is 2. The summed E-state index contributed by atoms with van der Waals surface area (Å²) in [4.78, 5) is 36.6. The Labute approximate surface area is 101 Å². The van der Waals surface area contributed by atoms with Gasteiger partial charge in [-0.1, -0.05) is 0 Å². The van der Waals surface area contributed by atoms with Crippen LogP contribution < -0.4 is 11.1 Å². The molecule has 18 heavy (non-hydrogen) atoms. The van der Waals surface area contributed by atoms with Crippen LogP contribution in [-0.4, -0.2) is 39.0 Å². The van der Waals surface area contributed by atoms with E-state index in [-0.39, 0.29) is 11.3 Å². The standard InChI is InChI=1S/C10H11N3O5/c11-8(15)2-7(10(17)18)13-9(16)5-1-6(14)4-12-3-5/h1,3-4,7,14H,2H2,(H2,11,15)(H,13,16)(H,17,18)/t7-/m1/s1. The lowest BCUT2D eigenvalue weighted by Crippen LogP contribution is -2.43. The van der Waals surface area contributed by atoms with Crippen molar-refractivity contribution in [1.29, 1.82) is 0 Å². The van der Waals surface area contributed by atoms with Crippen LogP contribution in [0, 0.1) is 0 Å². The van der Waals surface area contributed by atoms with Crippen molar-refractivity contribution in [2.75, 3.05) is 0 Å². The molecule has 1 rings (SSSR count). The van der Waals surface area contributed by atoms with Gasteiger partial charge in [-0.15, -0.1) is 0 Å². The number of carboxylic acids is 1. The molecule has 0 unspecified atom stereocenters. The number of rotatable bonds is 5. The molecule has 0 aliphatic carbocycles. The van der Waals surface area contributed by atoms with Gasteiger partial charge in [-0.25, -0.2) is 4.79 Å². The number of hydrogen-bond acceptors (Lipinski definition) is 5. The third-order valence-corrected chi connectivity index (χ3v) is 1.99. The molecule has 8 nitrogen and oxygen atoms in total. The minimum atomic E-state index is -1.42. The fourth-order valence-corrected chi connectivity index (χ4v) is 1.19. The number of hydrogen-bond donors (Lipinski definition) is 4. The molecule has 96 valence electrons. The van der Waals surface area contributed by atoms with Crippen molar-refractivity contribution in [3.63, 3.8) is 0 Å². The number of nitrogens with one attached hydrogen (secondary N) is 1. The van der Waals surface area contributed by atoms with E-state index in [1.165, 1.54) is 0 Å². The summed E-state index contributed by atoms with van der Waals surface area (Å²) in [6.45, 7) is 0. The van der Waals surface area contributed by atoms with Crippen molar-refractivity contribution in [1.82, 2.24) is 10.3 Å². The average Bonchev–Trinajstić information content (AvgIpc) is 2.27. The van der Waals surface area contributed by atoms with Crippen LogP contribution in [0.25, 0.3) is 0 Å². The van der Waals surface area contributed by atoms with Gasteiger partial charge in [0.05, 0.1) is 18.2 Å². The minimum Gasteiger partial charge on any atom is -0.506 e. The first kappa shape index (κ1) is 13.4. The van der Waals surface area contributed by atoms with Gasteiger partial charge in [0, 0.05) is 6.20 Å². The summed E-state index contributed by atoms with van der Waals surface area (Å²) >= 11 is 0. The summed E-state index contributed by atoms with van der Waals surface area (Å²) < 4.78 is 0. The number of carbonyl (C=O) groups excluding carboxylic acids is 2. The highest BCUT2D eigenvalue weighted by Crippen LogP contribution is 2.08. The number of aromatic hydroxyl groups is 1. The van der Waals surface area contributed by atoms with Crippen molar-refractivity contribution in [3.8, 4) is 5.75 Å². The zero-order valence-corrected chi connectivity index (χ0v) is 9.16. The molecule has 5 N–H and O–H groups in total. The summed E-state index contributed by atoms with van der Waals surface area (Å²) in [6.07, 6.45) is 1.75. The predicted octanol–water partition coefficient (Wildman–Crippen LogP) is -1.15. The van der Waals surface area contributed by atoms with Crippen molar-refractivity contribution >= 4 is 17.8 Å². The molecule has 0 radical (unpaired) electrons. The van der Waals surface area contributed by atoms with Crippen molar-refractivity contribution in [3.05, 3.63) is 24.0 Å². The third kappa shape index (κ3) is 3.74. The second kappa shape index (κ2) is 5.62. The SMILES string of the molecule is NC(=O)C[C@@H](NC(=O)c1cncc(O)c1)C(=O)O. The lowest BCUT2D eigenvalue weighted by atomic mass is 10.1. The number of pyridine rings is 1. The van der Waals surface area contributed by atoms with Gasteiger partial charge in [0.2, 0.25) is 5.91 Å². The third-order valence-electron chi connectivity index (χ3n) is 1.99. The Morgan fingerprint density at radius 1 is 1.39 bits per heavy atom. The molecular formula is C10H11N3O5. The van der Waals surface area contributed by atoms with E-state index in [4.69, 9.17) is 15.9 Å². The molecule has 0 aromatic carbocycles. The lowest BCUT2D eigenvalue weighted by molar-refractivity contribution is -0.140. The molecule has 0 bridgehead atoms. The fourth-order valence-electron chi connectivity index (χ4n) is 1.19. The maximum Gasteiger partial charge on any atom is 0.326 e. The molecule has 1 aromatic heterocycles. The fraction of sp³-hybridized carbons (Fsp3) is 0.200. The molecule has 1 atom stereocenters. The largest absolute Gasteiger partial charge is 0.506 e. The number of nitrogens with two attached hydrogens (primary N) is 1. The van der Waals surface area contributed by atoms with E-state index in [1.807, 2.05) is 0 Å². The summed E-state index contributed by atoms with van der Waals surface area (Å²) in [5.74, 6) is -3.23. The molecular weight excluding hydrogens is 242 g/mol. The molecule has 2 amide bonds. The molecule has 8 heteroatoms. The summed E-state index contributed by atoms with van der Waals surface area (Å²) in [5.41, 5.74) is 4.84. The molecule has 0 saturated heterocycles. The maximum absolute atomic E-state index is 11.6. The van der Waals surface area contributed by atoms with Crippen LogP contribution in [0.2, 0.25) is 0 Å². The van der Waals surface area contributed by atoms with Gasteiger partial charge in [0.15, 0.2) is 0 Å². The van der Waals surface area contributed by atoms with Crippen molar-refractivity contribution in [2.24, 2.45) is 5.73 Å². The summed E-state index contributed by atoms with van der Waals surface area (Å²) in [5, 5.41) is 20.0. The molecule has 0 aliphatic heterocycles. The smallest absolute Gasteiger partial charge is 0.326 e. The topological polar surface area (TPSA) is 143 Å². The summed E-state index contributed by atoms with van der Waals surface area (Å²) in [7, 11) is 0. The molecule has 0 saturated carbocycles. The molecule has 1 aromatic rings. The molecule has 0 fully saturated rings. The number of aromatic nitrogens is 1. The first-order chi connectivity index (χ1) is 8.40. The Morgan fingerprint density at radius 2 is 2.06 bits per heavy atom. The van der Waals surface area contributed by atoms with Crippen LogP contribution in [0.3, 0.4) is 0 Å². The number of nitrogens with zero attached hydrogens (tertiary/aromatic N) is 1. The van der Waals surface area contributed by atoms with E-state index in [2.05, 4.69) is 10.3 Å². The number of carboxylic acid groups (broad SMARTS) is 1. The van der Waals surface area contributed by atoms with E-state index < -0.39 is 30.2 Å². The molecule has 1 heterocycles. The van der Waals surface area contributed by atoms with Crippen LogP contribution >= 0.6 is 0 Å². The van der Waals surface area contributed by atoms with E-state index in [1.54, 1.807) is 0 Å². The second-order valence-corrected chi connectivity index (χ2v) is 3.47. The number of carbonyl (C=O) groups is 3. The van der Waals surface area contributed by atoms with Crippen LogP contribution in [0.4, 0.5) is 0 Å². The van der Waals surface area contributed by atoms with Crippen molar-refractivity contribution < 1.29 is 24.6 Å². The minimum absolute atomic E-state index is 0.0225. The second-order valence-electron chi connectivity index (χ2n) is 3.47. The lowest BCUT2D eigenvalue weighted by Gasteiger charge is -2.12. The normalized spacial score (nSPS) is 11.6. The Hall–Kier alpha value is -2.64. The van der Waals surface area contributed by atoms with Crippen molar-refractivity contribution in [2.45, 2.75) is 12.5 Å². The van der Waals surface area contributed by atoms with E-state index >= 15 is 0 Å². The predicted molar refractivity (Wildman–Crippen MR) is 58.6 cm³/mol. The van der Waals surface area contributed by atoms with Crippen LogP contribution in [0.5, 0.6) is 5.75 Å². The highest BCUT2D eigenvalue weighted by molar-refractivity contribution is 5.97. The maximum atomic E-state index is 11.6. The molecule has 0 aliphatic rings. The summed E-state index contributed by atoms with van der Waals surface area (Å²) in [6, 6.07) is -0.303. The van der Waals surface area contributed by atoms with Crippen LogP contribution in [0.1, 0.15) is 16.8 Å². The highest BCUT2D eigenvalue weighted by atomic mass is 16.4. The Kier molecular flexibility index (Phi) is 4.19. The van der Waals surface area contributed by atoms with Gasteiger partial charge < -0.3 is 21.3 Å². The van der Waals surface area contributed by atoms with Gasteiger partial charge in [-0.05, 0) is 6.07 Å². The quantitative estimate of drug-likeness (QED) is 0.521. The van der Waals surface area contributed by atoms with Gasteiger partial charge >= 0.3 is 5.97 Å². The monoisotopic (exact) mass is 253 g/mol. The average molecular weight is 253 g/mol. The van der Waals surface area contributed by atoms with E-state index in [0.29, 0.717) is 0 Å². The Balaban J connectivity index is 2.78. The van der Waals surface area contributed by atoms with E-state index in [9.17, 15) is 14.4 Å². The zero-order chi connectivity index (χ0) is 13.7. The van der Waals surface area contributed by atoms with E-state index in [0.717, 1.165) is 18.5 Å². The van der Waals surface area contributed by atoms with Gasteiger partial charge in [-0.3, -0.25) is 14.6 Å². The zero-order valence-electron chi connectivity index (χ0n) is 9.16. The van der Waals surface area contributed by atoms with Crippen LogP contribution in [-0.2, 0) is 9.59 Å². The van der Waals surface area contributed by atoms with Gasteiger partial charge in [-0.2, -0.15) is 0 Å². The van der Waals surface area contributed by atoms with Gasteiger partial charge in [0.1, 0.15) is 11.8 Å². The Bertz CT molecular complexity index is 488. The first-order valence-electron chi connectivity index (χ1n) is 4.86. The number of aliphatic carboxylic acids is 1. The Morgan fingerprint density at radius 3 is 2.56 bits per heavy atom. The highest BCUT2D eigenvalue weighted by Gasteiger charge is 2.22.